The van der Waals surface area contributed by atoms with E-state index in [2.05, 4.69) is 22.1 Å². The van der Waals surface area contributed by atoms with E-state index in [0.29, 0.717) is 52.9 Å². The highest BCUT2D eigenvalue weighted by atomic mass is 35.5. The summed E-state index contributed by atoms with van der Waals surface area (Å²) in [5.74, 6) is 0.759. The summed E-state index contributed by atoms with van der Waals surface area (Å²) < 4.78 is 5.29. The Hall–Kier alpha value is -4.01. The number of benzene rings is 2. The molecule has 2 N–H and O–H groups in total. The monoisotopic (exact) mass is 556 g/mol. The largest absolute Gasteiger partial charge is 0.481 e. The average molecular weight is 557 g/mol. The maximum absolute atomic E-state index is 13.4. The van der Waals surface area contributed by atoms with Gasteiger partial charge in [0.2, 0.25) is 5.88 Å². The molecule has 6 rings (SSSR count). The third-order valence-corrected chi connectivity index (χ3v) is 8.13. The van der Waals surface area contributed by atoms with Crippen LogP contribution in [0, 0.1) is 0 Å². The van der Waals surface area contributed by atoms with Crippen LogP contribution in [-0.4, -0.2) is 44.5 Å². The molecule has 1 fully saturated rings. The third-order valence-electron chi connectivity index (χ3n) is 7.90. The Labute approximate surface area is 236 Å². The first kappa shape index (κ1) is 26.2. The molecule has 9 heteroatoms. The number of pyridine rings is 1. The molecule has 1 amide bonds. The Bertz CT molecular complexity index is 1650. The number of aliphatic hydroxyl groups excluding tert-OH is 1. The van der Waals surface area contributed by atoms with Gasteiger partial charge >= 0.3 is 0 Å². The van der Waals surface area contributed by atoms with Gasteiger partial charge in [-0.2, -0.15) is 0 Å². The van der Waals surface area contributed by atoms with Crippen LogP contribution in [0.25, 0.3) is 11.1 Å². The first-order valence-electron chi connectivity index (χ1n) is 13.3. The number of amides is 1. The Morgan fingerprint density at radius 3 is 2.70 bits per heavy atom. The number of aromatic nitrogens is 3. The molecule has 1 saturated carbocycles. The van der Waals surface area contributed by atoms with Crippen molar-refractivity contribution in [2.75, 3.05) is 13.7 Å². The van der Waals surface area contributed by atoms with Gasteiger partial charge in [0.1, 0.15) is 5.82 Å². The van der Waals surface area contributed by atoms with Gasteiger partial charge in [-0.05, 0) is 66.1 Å². The Balaban J connectivity index is 1.28. The van der Waals surface area contributed by atoms with E-state index in [1.54, 1.807) is 37.6 Å². The fourth-order valence-corrected chi connectivity index (χ4v) is 5.71. The molecule has 40 heavy (non-hydrogen) atoms. The van der Waals surface area contributed by atoms with Crippen LogP contribution >= 0.6 is 11.6 Å². The summed E-state index contributed by atoms with van der Waals surface area (Å²) in [6.07, 6.45) is 3.36. The normalized spacial score (nSPS) is 16.5. The van der Waals surface area contributed by atoms with E-state index in [1.165, 1.54) is 4.90 Å². The SMILES string of the molecule is COc1cc(-c2cccc(C3(c4nc5c(c(=O)[nH]4)CN(C(=O)[C@H](O)c4cccc(Cl)c4)CCC5)CC3)c2)ccn1. The highest BCUT2D eigenvalue weighted by molar-refractivity contribution is 6.30. The molecule has 4 aromatic rings. The molecule has 2 aromatic heterocycles. The lowest BCUT2D eigenvalue weighted by atomic mass is 9.91. The number of aryl methyl sites for hydroxylation is 1. The molecule has 0 spiro atoms. The van der Waals surface area contributed by atoms with E-state index in [4.69, 9.17) is 21.3 Å². The minimum Gasteiger partial charge on any atom is -0.481 e. The van der Waals surface area contributed by atoms with Gasteiger partial charge in [0.25, 0.3) is 11.5 Å². The number of ether oxygens (including phenoxy) is 1. The molecular weight excluding hydrogens is 528 g/mol. The van der Waals surface area contributed by atoms with E-state index < -0.39 is 12.0 Å². The van der Waals surface area contributed by atoms with Crippen molar-refractivity contribution in [2.24, 2.45) is 0 Å². The molecule has 204 valence electrons. The van der Waals surface area contributed by atoms with Crippen molar-refractivity contribution < 1.29 is 14.6 Å². The van der Waals surface area contributed by atoms with Gasteiger partial charge in [-0.15, -0.1) is 0 Å². The molecular formula is C31H29ClN4O4. The van der Waals surface area contributed by atoms with Gasteiger partial charge in [0, 0.05) is 23.8 Å². The van der Waals surface area contributed by atoms with Gasteiger partial charge in [-0.1, -0.05) is 48.0 Å². The lowest BCUT2D eigenvalue weighted by Gasteiger charge is -2.24. The van der Waals surface area contributed by atoms with Crippen LogP contribution in [0.15, 0.2) is 71.7 Å². The molecule has 1 atom stereocenters. The second kappa shape index (κ2) is 10.5. The standard InChI is InChI=1S/C31H29ClN4O4/c1-40-26-17-20(10-13-33-26)19-5-2-7-22(15-19)31(11-12-31)30-34-25-9-4-14-36(18-24(25)28(38)35-30)29(39)27(37)21-6-3-8-23(32)16-21/h2-3,5-8,10,13,15-17,27,37H,4,9,11-12,14,18H2,1H3,(H,34,35,38)/t27-/m1/s1. The summed E-state index contributed by atoms with van der Waals surface area (Å²) in [6, 6.07) is 18.8. The predicted octanol–water partition coefficient (Wildman–Crippen LogP) is 4.58. The summed E-state index contributed by atoms with van der Waals surface area (Å²) in [6.45, 7) is 0.519. The number of hydrogen-bond donors (Lipinski definition) is 2. The van der Waals surface area contributed by atoms with Crippen molar-refractivity contribution in [2.45, 2.75) is 43.7 Å². The molecule has 0 unspecified atom stereocenters. The highest BCUT2D eigenvalue weighted by Gasteiger charge is 2.49. The van der Waals surface area contributed by atoms with E-state index >= 15 is 0 Å². The van der Waals surface area contributed by atoms with Crippen molar-refractivity contribution in [3.05, 3.63) is 110 Å². The van der Waals surface area contributed by atoms with Crippen molar-refractivity contribution in [1.82, 2.24) is 19.9 Å². The number of aromatic amines is 1. The minimum atomic E-state index is -1.35. The zero-order valence-electron chi connectivity index (χ0n) is 22.1. The Morgan fingerprint density at radius 2 is 1.93 bits per heavy atom. The van der Waals surface area contributed by atoms with Crippen LogP contribution in [0.2, 0.25) is 5.02 Å². The number of aliphatic hydroxyl groups is 1. The Kier molecular flexibility index (Phi) is 6.90. The van der Waals surface area contributed by atoms with E-state index in [0.717, 1.165) is 29.5 Å². The lowest BCUT2D eigenvalue weighted by Crippen LogP contribution is -2.36. The number of carbonyl (C=O) groups excluding carboxylic acids is 1. The van der Waals surface area contributed by atoms with Gasteiger partial charge in [0.15, 0.2) is 6.10 Å². The molecule has 8 nitrogen and oxygen atoms in total. The van der Waals surface area contributed by atoms with Crippen molar-refractivity contribution in [3.63, 3.8) is 0 Å². The predicted molar refractivity (Wildman–Crippen MR) is 151 cm³/mol. The summed E-state index contributed by atoms with van der Waals surface area (Å²) in [7, 11) is 1.60. The van der Waals surface area contributed by atoms with Crippen LogP contribution in [0.1, 0.15) is 53.6 Å². The fourth-order valence-electron chi connectivity index (χ4n) is 5.51. The Morgan fingerprint density at radius 1 is 1.12 bits per heavy atom. The summed E-state index contributed by atoms with van der Waals surface area (Å²) in [4.78, 5) is 40.4. The number of hydrogen-bond acceptors (Lipinski definition) is 6. The van der Waals surface area contributed by atoms with Crippen LogP contribution < -0.4 is 10.3 Å². The smallest absolute Gasteiger partial charge is 0.256 e. The molecule has 1 aliphatic carbocycles. The summed E-state index contributed by atoms with van der Waals surface area (Å²) in [5.41, 5.74) is 4.15. The molecule has 0 radical (unpaired) electrons. The first-order chi connectivity index (χ1) is 19.4. The number of H-pyrrole nitrogens is 1. The zero-order chi connectivity index (χ0) is 27.9. The number of fused-ring (bicyclic) bond motifs is 1. The molecule has 1 aliphatic heterocycles. The maximum atomic E-state index is 13.4. The van der Waals surface area contributed by atoms with Crippen molar-refractivity contribution >= 4 is 17.5 Å². The van der Waals surface area contributed by atoms with Gasteiger partial charge in [0.05, 0.1) is 30.3 Å². The number of nitrogens with zero attached hydrogens (tertiary/aromatic N) is 3. The van der Waals surface area contributed by atoms with Gasteiger partial charge < -0.3 is 19.7 Å². The van der Waals surface area contributed by atoms with E-state index in [9.17, 15) is 14.7 Å². The van der Waals surface area contributed by atoms with Crippen LogP contribution in [0.4, 0.5) is 0 Å². The molecule has 2 aliphatic rings. The molecule has 0 bridgehead atoms. The third kappa shape index (κ3) is 4.89. The summed E-state index contributed by atoms with van der Waals surface area (Å²) in [5, 5.41) is 11.2. The summed E-state index contributed by atoms with van der Waals surface area (Å²) >= 11 is 6.05. The van der Waals surface area contributed by atoms with Crippen LogP contribution in [0.5, 0.6) is 5.88 Å². The van der Waals surface area contributed by atoms with Crippen molar-refractivity contribution in [3.8, 4) is 17.0 Å². The van der Waals surface area contributed by atoms with E-state index in [-0.39, 0.29) is 17.5 Å². The van der Waals surface area contributed by atoms with Gasteiger partial charge in [-0.25, -0.2) is 9.97 Å². The topological polar surface area (TPSA) is 108 Å². The maximum Gasteiger partial charge on any atom is 0.256 e. The van der Waals surface area contributed by atoms with Crippen molar-refractivity contribution in [1.29, 1.82) is 0 Å². The number of halogens is 1. The molecule has 0 saturated heterocycles. The van der Waals surface area contributed by atoms with Crippen LogP contribution in [0.3, 0.4) is 0 Å². The number of nitrogens with one attached hydrogen (secondary N) is 1. The fraction of sp³-hybridized carbons (Fsp3) is 0.290. The lowest BCUT2D eigenvalue weighted by molar-refractivity contribution is -0.141. The second-order valence-corrected chi connectivity index (χ2v) is 10.8. The molecule has 3 heterocycles. The minimum absolute atomic E-state index is 0.0980. The first-order valence-corrected chi connectivity index (χ1v) is 13.7. The average Bonchev–Trinajstić information content (AvgIpc) is 3.81. The van der Waals surface area contributed by atoms with E-state index in [1.807, 2.05) is 24.3 Å². The van der Waals surface area contributed by atoms with Crippen LogP contribution in [-0.2, 0) is 23.2 Å². The zero-order valence-corrected chi connectivity index (χ0v) is 22.8. The van der Waals surface area contributed by atoms with Gasteiger partial charge in [-0.3, -0.25) is 9.59 Å². The quantitative estimate of drug-likeness (QED) is 0.360. The number of methoxy groups -OCH3 is 1. The number of rotatable bonds is 6. The molecule has 2 aromatic carbocycles. The highest BCUT2D eigenvalue weighted by Crippen LogP contribution is 2.52. The second-order valence-electron chi connectivity index (χ2n) is 10.4. The number of carbonyl (C=O) groups is 1.